The third-order valence-corrected chi connectivity index (χ3v) is 8.42. The van der Waals surface area contributed by atoms with Crippen LogP contribution in [0.1, 0.15) is 43.6 Å². The summed E-state index contributed by atoms with van der Waals surface area (Å²) >= 11 is 0. The molecule has 0 atom stereocenters. The number of hydrogen-bond donors (Lipinski definition) is 0. The van der Waals surface area contributed by atoms with Crippen LogP contribution < -0.4 is 26.4 Å². The van der Waals surface area contributed by atoms with E-state index in [0.717, 1.165) is 45.6 Å². The van der Waals surface area contributed by atoms with Crippen LogP contribution >= 0.6 is 0 Å². The van der Waals surface area contributed by atoms with Crippen molar-refractivity contribution in [3.8, 4) is 0 Å². The lowest BCUT2D eigenvalue weighted by atomic mass is 9.37. The summed E-state index contributed by atoms with van der Waals surface area (Å²) in [4.78, 5) is 24.3. The van der Waals surface area contributed by atoms with Gasteiger partial charge in [-0.25, -0.2) is 9.97 Å². The summed E-state index contributed by atoms with van der Waals surface area (Å²) in [6, 6.07) is 26.0. The number of nitrogens with zero attached hydrogens (tertiary/aromatic N) is 6. The predicted octanol–water partition coefficient (Wildman–Crippen LogP) is 5.40. The van der Waals surface area contributed by atoms with Gasteiger partial charge in [-0.2, -0.15) is 0 Å². The van der Waals surface area contributed by atoms with Gasteiger partial charge < -0.3 is 0 Å². The molecule has 1 fully saturated rings. The fraction of sp³-hybridized carbons (Fsp3) is 0.188. The molecule has 1 aliphatic carbocycles. The lowest BCUT2D eigenvalue weighted by molar-refractivity contribution is 0.444. The topological polar surface area (TPSA) is 58.0 Å². The smallest absolute Gasteiger partial charge is 0.295 e. The molecular formula is C32H27BN6. The highest BCUT2D eigenvalue weighted by Crippen LogP contribution is 2.45. The van der Waals surface area contributed by atoms with Crippen LogP contribution in [0.15, 0.2) is 97.6 Å². The molecule has 0 amide bonds. The molecule has 0 spiro atoms. The first kappa shape index (κ1) is 22.5. The quantitative estimate of drug-likeness (QED) is 0.300. The van der Waals surface area contributed by atoms with Crippen molar-refractivity contribution in [1.82, 2.24) is 19.9 Å². The van der Waals surface area contributed by atoms with E-state index in [-0.39, 0.29) is 6.71 Å². The Hall–Kier alpha value is -4.52. The van der Waals surface area contributed by atoms with E-state index in [1.165, 1.54) is 43.1 Å². The van der Waals surface area contributed by atoms with Crippen LogP contribution in [-0.4, -0.2) is 26.6 Å². The average molecular weight is 506 g/mol. The van der Waals surface area contributed by atoms with Crippen molar-refractivity contribution in [3.63, 3.8) is 0 Å². The average Bonchev–Trinajstić information content (AvgIpc) is 3.02. The molecule has 3 aliphatic rings. The highest BCUT2D eigenvalue weighted by molar-refractivity contribution is 6.99. The van der Waals surface area contributed by atoms with Crippen molar-refractivity contribution in [2.75, 3.05) is 9.80 Å². The number of hydrogen-bond acceptors (Lipinski definition) is 6. The second kappa shape index (κ2) is 9.05. The first-order valence-electron chi connectivity index (χ1n) is 13.9. The summed E-state index contributed by atoms with van der Waals surface area (Å²) in [5, 5.41) is 0. The van der Waals surface area contributed by atoms with Gasteiger partial charge in [0.05, 0.1) is 11.2 Å². The number of anilines is 6. The summed E-state index contributed by atoms with van der Waals surface area (Å²) in [6.45, 7) is -0.150. The van der Waals surface area contributed by atoms with Crippen molar-refractivity contribution in [2.45, 2.75) is 38.0 Å². The van der Waals surface area contributed by atoms with Crippen LogP contribution in [0.3, 0.4) is 0 Å². The van der Waals surface area contributed by atoms with Gasteiger partial charge in [0, 0.05) is 47.5 Å². The van der Waals surface area contributed by atoms with Gasteiger partial charge in [0.25, 0.3) is 0 Å². The minimum Gasteiger partial charge on any atom is -0.295 e. The Morgan fingerprint density at radius 3 is 1.59 bits per heavy atom. The summed E-state index contributed by atoms with van der Waals surface area (Å²) < 4.78 is 0. The van der Waals surface area contributed by atoms with Crippen LogP contribution in [0.2, 0.25) is 0 Å². The van der Waals surface area contributed by atoms with Crippen molar-refractivity contribution < 1.29 is 0 Å². The molecule has 8 rings (SSSR count). The highest BCUT2D eigenvalue weighted by Gasteiger charge is 2.47. The molecule has 6 nitrogen and oxygen atoms in total. The molecule has 0 saturated heterocycles. The minimum atomic E-state index is -0.150. The fourth-order valence-corrected chi connectivity index (χ4v) is 6.72. The number of para-hydroxylation sites is 2. The van der Waals surface area contributed by atoms with Crippen molar-refractivity contribution >= 4 is 57.7 Å². The Balaban J connectivity index is 1.47. The van der Waals surface area contributed by atoms with Crippen molar-refractivity contribution in [1.29, 1.82) is 0 Å². The monoisotopic (exact) mass is 506 g/mol. The lowest BCUT2D eigenvalue weighted by Crippen LogP contribution is -2.63. The number of benzene rings is 3. The number of fused-ring (bicyclic) bond motifs is 4. The zero-order valence-electron chi connectivity index (χ0n) is 21.6. The Bertz CT molecular complexity index is 1560. The van der Waals surface area contributed by atoms with Crippen LogP contribution in [0.5, 0.6) is 0 Å². The Morgan fingerprint density at radius 2 is 1.08 bits per heavy atom. The van der Waals surface area contributed by atoms with E-state index in [4.69, 9.17) is 19.9 Å². The SMILES string of the molecule is c1ccc(N2c3cc(C4CCCCC4)cc4c3B(c3nccnc32)c2nccnc2N4c2ccccc2)cc1. The Kier molecular flexibility index (Phi) is 5.21. The van der Waals surface area contributed by atoms with Crippen LogP contribution in [0, 0.1) is 0 Å². The second-order valence-corrected chi connectivity index (χ2v) is 10.6. The van der Waals surface area contributed by atoms with Gasteiger partial charge in [0.15, 0.2) is 11.6 Å². The molecule has 7 heteroatoms. The minimum absolute atomic E-state index is 0.150. The first-order valence-corrected chi connectivity index (χ1v) is 13.9. The van der Waals surface area contributed by atoms with E-state index in [9.17, 15) is 0 Å². The zero-order chi connectivity index (χ0) is 25.8. The Labute approximate surface area is 228 Å². The standard InChI is InChI=1S/C32H27BN6/c1-4-10-22(11-5-1)23-20-26-28-27(21-23)39(25-14-8-3-9-15-25)32-30(35-17-19-37-32)33(28)29-31(36-18-16-34-29)38(26)24-12-6-2-7-13-24/h2-3,6-9,12-22H,1,4-5,10-11H2. The first-order chi connectivity index (χ1) is 19.4. The molecule has 2 aromatic heterocycles. The van der Waals surface area contributed by atoms with Crippen LogP contribution in [0.25, 0.3) is 0 Å². The zero-order valence-corrected chi connectivity index (χ0v) is 21.6. The molecule has 39 heavy (non-hydrogen) atoms. The lowest BCUT2D eigenvalue weighted by Gasteiger charge is -2.42. The molecule has 0 radical (unpaired) electrons. The Morgan fingerprint density at radius 1 is 0.590 bits per heavy atom. The maximum atomic E-state index is 4.94. The molecule has 188 valence electrons. The summed E-state index contributed by atoms with van der Waals surface area (Å²) in [5.74, 6) is 2.26. The fourth-order valence-electron chi connectivity index (χ4n) is 6.72. The molecule has 2 aliphatic heterocycles. The third-order valence-electron chi connectivity index (χ3n) is 8.42. The second-order valence-electron chi connectivity index (χ2n) is 10.6. The van der Waals surface area contributed by atoms with Gasteiger partial charge in [-0.15, -0.1) is 0 Å². The van der Waals surface area contributed by atoms with E-state index in [1.54, 1.807) is 24.8 Å². The number of rotatable bonds is 3. The van der Waals surface area contributed by atoms with E-state index in [1.807, 2.05) is 0 Å². The third kappa shape index (κ3) is 3.49. The van der Waals surface area contributed by atoms with Gasteiger partial charge >= 0.3 is 6.71 Å². The molecule has 5 aromatic rings. The normalized spacial score (nSPS) is 15.9. The molecule has 4 heterocycles. The maximum absolute atomic E-state index is 4.94. The largest absolute Gasteiger partial charge is 0.302 e. The van der Waals surface area contributed by atoms with E-state index in [0.29, 0.717) is 5.92 Å². The van der Waals surface area contributed by atoms with E-state index in [2.05, 4.69) is 82.6 Å². The van der Waals surface area contributed by atoms with Crippen molar-refractivity contribution in [3.05, 3.63) is 103 Å². The molecule has 0 bridgehead atoms. The van der Waals surface area contributed by atoms with Gasteiger partial charge in [0.1, 0.15) is 0 Å². The molecule has 0 unspecified atom stereocenters. The van der Waals surface area contributed by atoms with Gasteiger partial charge in [-0.1, -0.05) is 55.7 Å². The van der Waals surface area contributed by atoms with Crippen molar-refractivity contribution in [2.24, 2.45) is 0 Å². The van der Waals surface area contributed by atoms with Gasteiger partial charge in [-0.3, -0.25) is 19.8 Å². The predicted molar refractivity (Wildman–Crippen MR) is 157 cm³/mol. The summed E-state index contributed by atoms with van der Waals surface area (Å²) in [6.07, 6.45) is 13.5. The summed E-state index contributed by atoms with van der Waals surface area (Å²) in [5.41, 5.74) is 8.91. The van der Waals surface area contributed by atoms with Crippen LogP contribution in [-0.2, 0) is 0 Å². The highest BCUT2D eigenvalue weighted by atomic mass is 15.2. The molecular weight excluding hydrogens is 479 g/mol. The maximum Gasteiger partial charge on any atom is 0.302 e. The van der Waals surface area contributed by atoms with Gasteiger partial charge in [-0.05, 0) is 66.2 Å². The molecule has 1 saturated carbocycles. The molecule has 0 N–H and O–H groups in total. The molecule has 3 aromatic carbocycles. The van der Waals surface area contributed by atoms with E-state index >= 15 is 0 Å². The van der Waals surface area contributed by atoms with Gasteiger partial charge in [0.2, 0.25) is 0 Å². The number of aromatic nitrogens is 4. The van der Waals surface area contributed by atoms with Crippen LogP contribution in [0.4, 0.5) is 34.4 Å². The van der Waals surface area contributed by atoms with E-state index < -0.39 is 0 Å². The summed E-state index contributed by atoms with van der Waals surface area (Å²) in [7, 11) is 0.